The molecule has 0 amide bonds. The zero-order valence-corrected chi connectivity index (χ0v) is 19.3. The highest BCUT2D eigenvalue weighted by molar-refractivity contribution is 6.09. The Morgan fingerprint density at radius 3 is 2.31 bits per heavy atom. The lowest BCUT2D eigenvalue weighted by molar-refractivity contribution is -0.140. The summed E-state index contributed by atoms with van der Waals surface area (Å²) in [5.74, 6) is -0.787. The van der Waals surface area contributed by atoms with E-state index in [2.05, 4.69) is 83.0 Å². The fourth-order valence-electron chi connectivity index (χ4n) is 5.00. The number of rotatable bonds is 5. The molecule has 1 unspecified atom stereocenters. The van der Waals surface area contributed by atoms with Crippen LogP contribution in [0.15, 0.2) is 95.4 Å². The van der Waals surface area contributed by atoms with Crippen molar-refractivity contribution in [3.8, 4) is 22.3 Å². The standard InChI is InChI=1S/C30H26N2O3/c33-30(34)27-19-32(17-16-31-27)18-20-8-10-21(11-9-20)22-12-14-23(15-13-22)24-5-3-6-26-25-4-1-2-7-28(25)35-29(24)26/h1-15,27,31H,16-19H2,(H,33,34). The molecule has 0 aliphatic carbocycles. The quantitative estimate of drug-likeness (QED) is 0.347. The van der Waals surface area contributed by atoms with Crippen LogP contribution in [0.1, 0.15) is 5.56 Å². The number of fused-ring (bicyclic) bond motifs is 3. The Morgan fingerprint density at radius 2 is 1.54 bits per heavy atom. The third-order valence-corrected chi connectivity index (χ3v) is 6.85. The molecule has 1 aliphatic heterocycles. The van der Waals surface area contributed by atoms with Gasteiger partial charge in [0.1, 0.15) is 17.2 Å². The van der Waals surface area contributed by atoms with Crippen LogP contribution in [0, 0.1) is 0 Å². The molecule has 0 spiro atoms. The molecule has 174 valence electrons. The van der Waals surface area contributed by atoms with Crippen molar-refractivity contribution < 1.29 is 14.3 Å². The highest BCUT2D eigenvalue weighted by atomic mass is 16.4. The Bertz CT molecular complexity index is 1500. The van der Waals surface area contributed by atoms with Crippen LogP contribution >= 0.6 is 0 Å². The second-order valence-corrected chi connectivity index (χ2v) is 9.13. The molecule has 1 aliphatic rings. The first kappa shape index (κ1) is 21.6. The normalized spacial score (nSPS) is 16.6. The van der Waals surface area contributed by atoms with Gasteiger partial charge in [-0.1, -0.05) is 84.9 Å². The average molecular weight is 463 g/mol. The van der Waals surface area contributed by atoms with Crippen LogP contribution < -0.4 is 5.32 Å². The largest absolute Gasteiger partial charge is 0.480 e. The van der Waals surface area contributed by atoms with Gasteiger partial charge in [0.05, 0.1) is 0 Å². The zero-order valence-electron chi connectivity index (χ0n) is 19.3. The van der Waals surface area contributed by atoms with Crippen molar-refractivity contribution in [3.05, 3.63) is 96.6 Å². The third-order valence-electron chi connectivity index (χ3n) is 6.85. The molecule has 1 saturated heterocycles. The Hall–Kier alpha value is -3.93. The second-order valence-electron chi connectivity index (χ2n) is 9.13. The number of carboxylic acids is 1. The van der Waals surface area contributed by atoms with Gasteiger partial charge in [-0.05, 0) is 28.3 Å². The maximum absolute atomic E-state index is 11.3. The summed E-state index contributed by atoms with van der Waals surface area (Å²) in [6.07, 6.45) is 0. The number of aliphatic carboxylic acids is 1. The number of piperazine rings is 1. The predicted octanol–water partition coefficient (Wildman–Crippen LogP) is 5.78. The summed E-state index contributed by atoms with van der Waals surface area (Å²) in [6.45, 7) is 2.83. The summed E-state index contributed by atoms with van der Waals surface area (Å²) in [5.41, 5.74) is 7.55. The fraction of sp³-hybridized carbons (Fsp3) is 0.167. The molecule has 6 rings (SSSR count). The van der Waals surface area contributed by atoms with E-state index in [0.29, 0.717) is 13.1 Å². The van der Waals surface area contributed by atoms with Crippen LogP contribution in [0.3, 0.4) is 0 Å². The van der Waals surface area contributed by atoms with Gasteiger partial charge in [0.25, 0.3) is 0 Å². The summed E-state index contributed by atoms with van der Waals surface area (Å²) in [7, 11) is 0. The van der Waals surface area contributed by atoms with Gasteiger partial charge in [-0.25, -0.2) is 0 Å². The number of furan rings is 1. The number of carboxylic acid groups (broad SMARTS) is 1. The molecule has 1 atom stereocenters. The lowest BCUT2D eigenvalue weighted by atomic mass is 9.98. The van der Waals surface area contributed by atoms with E-state index in [1.807, 2.05) is 18.2 Å². The molecule has 5 heteroatoms. The Morgan fingerprint density at radius 1 is 0.857 bits per heavy atom. The van der Waals surface area contributed by atoms with Crippen LogP contribution in [0.2, 0.25) is 0 Å². The number of para-hydroxylation sites is 2. The minimum Gasteiger partial charge on any atom is -0.480 e. The molecule has 0 saturated carbocycles. The highest BCUT2D eigenvalue weighted by Gasteiger charge is 2.24. The van der Waals surface area contributed by atoms with Gasteiger partial charge in [-0.3, -0.25) is 9.69 Å². The Labute approximate surface area is 203 Å². The third kappa shape index (κ3) is 4.20. The number of nitrogens with one attached hydrogen (secondary N) is 1. The summed E-state index contributed by atoms with van der Waals surface area (Å²) >= 11 is 0. The summed E-state index contributed by atoms with van der Waals surface area (Å²) in [5, 5.41) is 14.6. The van der Waals surface area contributed by atoms with E-state index >= 15 is 0 Å². The van der Waals surface area contributed by atoms with Crippen LogP contribution in [0.5, 0.6) is 0 Å². The molecule has 0 bridgehead atoms. The summed E-state index contributed by atoms with van der Waals surface area (Å²) in [6, 6.07) is 31.1. The van der Waals surface area contributed by atoms with Crippen molar-refractivity contribution in [2.24, 2.45) is 0 Å². The van der Waals surface area contributed by atoms with Crippen LogP contribution in [0.25, 0.3) is 44.2 Å². The van der Waals surface area contributed by atoms with Crippen LogP contribution in [-0.2, 0) is 11.3 Å². The summed E-state index contributed by atoms with van der Waals surface area (Å²) < 4.78 is 6.21. The molecule has 1 aromatic heterocycles. The van der Waals surface area contributed by atoms with Crippen LogP contribution in [-0.4, -0.2) is 41.7 Å². The fourth-order valence-corrected chi connectivity index (χ4v) is 5.00. The van der Waals surface area contributed by atoms with Gasteiger partial charge in [-0.2, -0.15) is 0 Å². The van der Waals surface area contributed by atoms with Gasteiger partial charge in [0.15, 0.2) is 0 Å². The number of benzene rings is 4. The van der Waals surface area contributed by atoms with Crippen molar-refractivity contribution in [1.29, 1.82) is 0 Å². The van der Waals surface area contributed by atoms with Gasteiger partial charge >= 0.3 is 5.97 Å². The minimum atomic E-state index is -0.787. The lowest BCUT2D eigenvalue weighted by Gasteiger charge is -2.31. The first-order valence-electron chi connectivity index (χ1n) is 11.9. The molecule has 35 heavy (non-hydrogen) atoms. The first-order valence-corrected chi connectivity index (χ1v) is 11.9. The van der Waals surface area contributed by atoms with Crippen molar-refractivity contribution in [2.45, 2.75) is 12.6 Å². The van der Waals surface area contributed by atoms with E-state index in [-0.39, 0.29) is 0 Å². The molecule has 0 radical (unpaired) electrons. The van der Waals surface area contributed by atoms with Crippen LogP contribution in [0.4, 0.5) is 0 Å². The maximum Gasteiger partial charge on any atom is 0.322 e. The highest BCUT2D eigenvalue weighted by Crippen LogP contribution is 2.36. The molecular weight excluding hydrogens is 436 g/mol. The molecular formula is C30H26N2O3. The van der Waals surface area contributed by atoms with Gasteiger partial charge in [-0.15, -0.1) is 0 Å². The summed E-state index contributed by atoms with van der Waals surface area (Å²) in [4.78, 5) is 13.5. The number of carbonyl (C=O) groups is 1. The van der Waals surface area contributed by atoms with E-state index < -0.39 is 12.0 Å². The van der Waals surface area contributed by atoms with E-state index in [4.69, 9.17) is 4.42 Å². The topological polar surface area (TPSA) is 65.7 Å². The van der Waals surface area contributed by atoms with E-state index in [9.17, 15) is 9.90 Å². The molecule has 4 aromatic carbocycles. The number of hydrogen-bond donors (Lipinski definition) is 2. The van der Waals surface area contributed by atoms with Crippen molar-refractivity contribution in [3.63, 3.8) is 0 Å². The number of hydrogen-bond acceptors (Lipinski definition) is 4. The minimum absolute atomic E-state index is 0.494. The Kier molecular flexibility index (Phi) is 5.57. The van der Waals surface area contributed by atoms with E-state index in [1.54, 1.807) is 0 Å². The Balaban J connectivity index is 1.21. The van der Waals surface area contributed by atoms with Crippen molar-refractivity contribution in [1.82, 2.24) is 10.2 Å². The second kappa shape index (κ2) is 9.02. The maximum atomic E-state index is 11.3. The SMILES string of the molecule is O=C(O)C1CN(Cc2ccc(-c3ccc(-c4cccc5c4oc4ccccc45)cc3)cc2)CCN1. The molecule has 5 aromatic rings. The number of nitrogens with zero attached hydrogens (tertiary/aromatic N) is 1. The van der Waals surface area contributed by atoms with E-state index in [0.717, 1.165) is 57.3 Å². The lowest BCUT2D eigenvalue weighted by Crippen LogP contribution is -2.53. The molecule has 1 fully saturated rings. The monoisotopic (exact) mass is 462 g/mol. The van der Waals surface area contributed by atoms with Gasteiger partial charge in [0.2, 0.25) is 0 Å². The van der Waals surface area contributed by atoms with E-state index in [1.165, 1.54) is 5.56 Å². The predicted molar refractivity (Wildman–Crippen MR) is 139 cm³/mol. The van der Waals surface area contributed by atoms with Crippen molar-refractivity contribution in [2.75, 3.05) is 19.6 Å². The van der Waals surface area contributed by atoms with Gasteiger partial charge < -0.3 is 14.8 Å². The molecule has 2 N–H and O–H groups in total. The van der Waals surface area contributed by atoms with Crippen molar-refractivity contribution >= 4 is 27.9 Å². The zero-order chi connectivity index (χ0) is 23.8. The molecule has 2 heterocycles. The average Bonchev–Trinajstić information content (AvgIpc) is 3.28. The first-order chi connectivity index (χ1) is 17.2. The smallest absolute Gasteiger partial charge is 0.322 e. The van der Waals surface area contributed by atoms with Gasteiger partial charge in [0, 0.05) is 42.5 Å². The molecule has 5 nitrogen and oxygen atoms in total.